The van der Waals surface area contributed by atoms with Gasteiger partial charge in [0.1, 0.15) is 11.7 Å². The molecule has 3 heterocycles. The van der Waals surface area contributed by atoms with Crippen molar-refractivity contribution in [1.82, 2.24) is 9.80 Å². The Kier molecular flexibility index (Phi) is 4.75. The number of hydrogen-bond donors (Lipinski definition) is 1. The van der Waals surface area contributed by atoms with Gasteiger partial charge in [0, 0.05) is 56.7 Å². The summed E-state index contributed by atoms with van der Waals surface area (Å²) in [5, 5.41) is 3.59. The normalized spacial score (nSPS) is 35.2. The monoisotopic (exact) mass is 382 g/mol. The molecule has 3 saturated heterocycles. The van der Waals surface area contributed by atoms with E-state index in [0.717, 1.165) is 49.1 Å². The molecule has 1 aromatic rings. The number of nitrogens with one attached hydrogen (secondary N) is 1. The molecule has 1 amide bonds. The van der Waals surface area contributed by atoms with Crippen LogP contribution in [0.2, 0.25) is 0 Å². The fraction of sp³-hybridized carbons (Fsp3) is 0.708. The number of anilines is 1. The van der Waals surface area contributed by atoms with Gasteiger partial charge in [-0.15, -0.1) is 0 Å². The molecular weight excluding hydrogens is 346 g/mol. The Bertz CT molecular complexity index is 718. The van der Waals surface area contributed by atoms with Crippen molar-refractivity contribution in [3.05, 3.63) is 24.3 Å². The zero-order chi connectivity index (χ0) is 19.2. The zero-order valence-corrected chi connectivity index (χ0v) is 17.5. The van der Waals surface area contributed by atoms with Gasteiger partial charge in [0.2, 0.25) is 5.91 Å². The molecule has 3 atom stereocenters. The third kappa shape index (κ3) is 2.75. The van der Waals surface area contributed by atoms with E-state index in [1.54, 1.807) is 0 Å². The Morgan fingerprint density at radius 3 is 2.46 bits per heavy atom. The summed E-state index contributed by atoms with van der Waals surface area (Å²) < 4.78 is 1.14. The van der Waals surface area contributed by atoms with E-state index in [1.165, 1.54) is 50.8 Å². The summed E-state index contributed by atoms with van der Waals surface area (Å²) in [7, 11) is 0. The van der Waals surface area contributed by atoms with Gasteiger partial charge in [-0.1, -0.05) is 19.3 Å². The van der Waals surface area contributed by atoms with Gasteiger partial charge in [-0.2, -0.15) is 0 Å². The molecule has 0 bridgehead atoms. The highest BCUT2D eigenvalue weighted by molar-refractivity contribution is 6.00. The van der Waals surface area contributed by atoms with Crippen LogP contribution in [0.3, 0.4) is 0 Å². The van der Waals surface area contributed by atoms with E-state index in [4.69, 9.17) is 0 Å². The molecule has 3 aliphatic heterocycles. The van der Waals surface area contributed by atoms with Gasteiger partial charge in [-0.3, -0.25) is 9.28 Å². The van der Waals surface area contributed by atoms with Crippen LogP contribution in [0.1, 0.15) is 64.7 Å². The van der Waals surface area contributed by atoms with Gasteiger partial charge in [-0.05, 0) is 38.3 Å². The third-order valence-corrected chi connectivity index (χ3v) is 8.59. The number of rotatable bonds is 3. The van der Waals surface area contributed by atoms with E-state index in [2.05, 4.69) is 41.4 Å². The average Bonchev–Trinajstić information content (AvgIpc) is 3.45. The van der Waals surface area contributed by atoms with E-state index in [1.807, 2.05) is 0 Å². The summed E-state index contributed by atoms with van der Waals surface area (Å²) >= 11 is 0. The van der Waals surface area contributed by atoms with Crippen molar-refractivity contribution in [2.75, 3.05) is 31.1 Å². The van der Waals surface area contributed by atoms with E-state index in [9.17, 15) is 4.79 Å². The van der Waals surface area contributed by atoms with Crippen molar-refractivity contribution in [2.24, 2.45) is 5.41 Å². The summed E-state index contributed by atoms with van der Waals surface area (Å²) in [6, 6.07) is 10.5. The van der Waals surface area contributed by atoms with Crippen LogP contribution in [-0.2, 0) is 4.79 Å². The van der Waals surface area contributed by atoms with E-state index < -0.39 is 0 Å². The van der Waals surface area contributed by atoms with Crippen molar-refractivity contribution in [1.29, 1.82) is 0 Å². The van der Waals surface area contributed by atoms with Gasteiger partial charge in [-0.25, -0.2) is 0 Å². The van der Waals surface area contributed by atoms with Crippen LogP contribution in [0.4, 0.5) is 11.4 Å². The summed E-state index contributed by atoms with van der Waals surface area (Å²) in [5.74, 6) is 0.401. The molecule has 4 fully saturated rings. The molecule has 28 heavy (non-hydrogen) atoms. The number of quaternary nitrogens is 1. The van der Waals surface area contributed by atoms with Crippen LogP contribution in [0.5, 0.6) is 0 Å². The van der Waals surface area contributed by atoms with Crippen molar-refractivity contribution in [3.63, 3.8) is 0 Å². The summed E-state index contributed by atoms with van der Waals surface area (Å²) in [6.45, 7) is 6.90. The van der Waals surface area contributed by atoms with Gasteiger partial charge < -0.3 is 10.2 Å². The average molecular weight is 383 g/mol. The molecule has 0 radical (unpaired) electrons. The van der Waals surface area contributed by atoms with Crippen molar-refractivity contribution in [3.8, 4) is 0 Å². The van der Waals surface area contributed by atoms with E-state index in [-0.39, 0.29) is 5.41 Å². The highest BCUT2D eigenvalue weighted by Crippen LogP contribution is 2.46. The second kappa shape index (κ2) is 7.14. The number of benzene rings is 1. The van der Waals surface area contributed by atoms with E-state index in [0.29, 0.717) is 18.0 Å². The minimum atomic E-state index is -0.0380. The maximum absolute atomic E-state index is 13.3. The summed E-state index contributed by atoms with van der Waals surface area (Å²) in [5.41, 5.74) is 2.54. The second-order valence-corrected chi connectivity index (χ2v) is 9.86. The molecule has 152 valence electrons. The van der Waals surface area contributed by atoms with Gasteiger partial charge in [0.05, 0.1) is 18.0 Å². The number of carbonyl (C=O) groups excluding carboxylic acids is 1. The molecule has 4 aliphatic rings. The second-order valence-electron chi connectivity index (χ2n) is 9.86. The first-order chi connectivity index (χ1) is 13.7. The fourth-order valence-corrected chi connectivity index (χ4v) is 6.94. The van der Waals surface area contributed by atoms with Crippen LogP contribution < -0.4 is 14.7 Å². The Morgan fingerprint density at radius 1 is 1.04 bits per heavy atom. The van der Waals surface area contributed by atoms with Crippen LogP contribution in [0.25, 0.3) is 0 Å². The highest BCUT2D eigenvalue weighted by Gasteiger charge is 2.49. The summed E-state index contributed by atoms with van der Waals surface area (Å²) in [6.07, 6.45) is 10.9. The number of carbonyl (C=O) groups is 1. The molecule has 0 aromatic heterocycles. The molecule has 1 spiro atoms. The Balaban J connectivity index is 1.40. The standard InChI is InChI=1S/C24H36N3O/c1-19-6-5-17-27(19,22-11-15-25-18-22)21-9-7-20(8-10-21)26-16-14-24(23(26)28)12-3-2-4-13-24/h7-10,19,22,25H,2-6,11-18H2,1H3/q+1/t19-,22-,27?/m0/s1. The van der Waals surface area contributed by atoms with Crippen LogP contribution in [0.15, 0.2) is 24.3 Å². The molecule has 1 saturated carbocycles. The molecule has 1 unspecified atom stereocenters. The highest BCUT2D eigenvalue weighted by atomic mass is 16.2. The Morgan fingerprint density at radius 2 is 1.82 bits per heavy atom. The predicted octanol–water partition coefficient (Wildman–Crippen LogP) is 4.23. The van der Waals surface area contributed by atoms with Crippen molar-refractivity contribution >= 4 is 17.3 Å². The molecule has 1 aromatic carbocycles. The molecule has 1 aliphatic carbocycles. The quantitative estimate of drug-likeness (QED) is 0.794. The molecular formula is C24H36N3O+. The molecule has 5 rings (SSSR count). The number of likely N-dealkylation sites (tertiary alicyclic amines) is 1. The largest absolute Gasteiger partial charge is 0.312 e. The molecule has 1 N–H and O–H groups in total. The van der Waals surface area contributed by atoms with Crippen molar-refractivity contribution in [2.45, 2.75) is 76.8 Å². The molecule has 4 heteroatoms. The minimum Gasteiger partial charge on any atom is -0.312 e. The Labute approximate surface area is 169 Å². The number of hydrogen-bond acceptors (Lipinski definition) is 2. The van der Waals surface area contributed by atoms with E-state index >= 15 is 0 Å². The van der Waals surface area contributed by atoms with Gasteiger partial charge in [0.15, 0.2) is 0 Å². The SMILES string of the molecule is C[C@H]1CCC[N+]1(c1ccc(N2CCC3(CCCCC3)C2=O)cc1)[C@H]1CCNC1. The van der Waals surface area contributed by atoms with Gasteiger partial charge >= 0.3 is 0 Å². The summed E-state index contributed by atoms with van der Waals surface area (Å²) in [4.78, 5) is 15.3. The van der Waals surface area contributed by atoms with Crippen LogP contribution >= 0.6 is 0 Å². The lowest BCUT2D eigenvalue weighted by atomic mass is 9.73. The maximum Gasteiger partial charge on any atom is 0.233 e. The predicted molar refractivity (Wildman–Crippen MR) is 116 cm³/mol. The smallest absolute Gasteiger partial charge is 0.233 e. The number of nitrogens with zero attached hydrogens (tertiary/aromatic N) is 2. The van der Waals surface area contributed by atoms with Crippen LogP contribution in [-0.4, -0.2) is 44.2 Å². The zero-order valence-electron chi connectivity index (χ0n) is 17.5. The number of amides is 1. The lowest BCUT2D eigenvalue weighted by Gasteiger charge is -2.43. The lowest BCUT2D eigenvalue weighted by Crippen LogP contribution is -2.59. The van der Waals surface area contributed by atoms with Crippen molar-refractivity contribution < 1.29 is 4.79 Å². The Hall–Kier alpha value is -1.39. The fourth-order valence-electron chi connectivity index (χ4n) is 6.94. The first-order valence-corrected chi connectivity index (χ1v) is 11.7. The first-order valence-electron chi connectivity index (χ1n) is 11.7. The third-order valence-electron chi connectivity index (χ3n) is 8.59. The van der Waals surface area contributed by atoms with Gasteiger partial charge in [0.25, 0.3) is 0 Å². The maximum atomic E-state index is 13.3. The lowest BCUT2D eigenvalue weighted by molar-refractivity contribution is -0.127. The first kappa shape index (κ1) is 18.6. The minimum absolute atomic E-state index is 0.0380. The molecule has 4 nitrogen and oxygen atoms in total. The van der Waals surface area contributed by atoms with Crippen LogP contribution in [0, 0.1) is 5.41 Å². The topological polar surface area (TPSA) is 32.3 Å².